The minimum atomic E-state index is -0.535. The number of hydrogen-bond donors (Lipinski definition) is 0. The van der Waals surface area contributed by atoms with E-state index in [0.717, 1.165) is 77.7 Å². The summed E-state index contributed by atoms with van der Waals surface area (Å²) in [6, 6.07) is 49.0. The Morgan fingerprint density at radius 3 is 1.57 bits per heavy atom. The van der Waals surface area contributed by atoms with Crippen molar-refractivity contribution in [2.75, 3.05) is 0 Å². The van der Waals surface area contributed by atoms with Crippen molar-refractivity contribution in [3.8, 4) is 84.3 Å². The zero-order chi connectivity index (χ0) is 66.7. The molecule has 0 amide bonds. The van der Waals surface area contributed by atoms with Gasteiger partial charge in [0.05, 0.1) is 27.7 Å². The molecule has 4 heterocycles. The molecule has 0 unspecified atom stereocenters. The summed E-state index contributed by atoms with van der Waals surface area (Å²) in [6.45, 7) is 32.9. The molecule has 9 aromatic carbocycles. The normalized spacial score (nSPS) is 14.0. The Labute approximate surface area is 534 Å². The van der Waals surface area contributed by atoms with Crippen LogP contribution >= 0.6 is 0 Å². The molecule has 0 bridgehead atoms. The van der Waals surface area contributed by atoms with Crippen molar-refractivity contribution in [2.24, 2.45) is 0 Å². The van der Waals surface area contributed by atoms with Gasteiger partial charge >= 0.3 is 0 Å². The van der Waals surface area contributed by atoms with Crippen LogP contribution in [0.1, 0.15) is 143 Å². The smallest absolute Gasteiger partial charge is 0.268 e. The van der Waals surface area contributed by atoms with Crippen LogP contribution in [0.25, 0.3) is 106 Å². The Balaban J connectivity index is 0.00000848. The zero-order valence-electron chi connectivity index (χ0n) is 59.8. The maximum atomic E-state index is 10.2. The summed E-state index contributed by atoms with van der Waals surface area (Å²) in [7, 11) is 0. The minimum Gasteiger partial charge on any atom is -0.510 e. The molecule has 12 aromatic rings. The third kappa shape index (κ3) is 10.4. The molecule has 0 spiro atoms. The van der Waals surface area contributed by atoms with E-state index in [2.05, 4.69) is 200 Å². The fraction of sp³-hybridized carbons (Fsp3) is 0.250. The molecule has 0 atom stereocenters. The van der Waals surface area contributed by atoms with E-state index in [-0.39, 0.29) is 82.5 Å². The number of aromatic nitrogens is 4. The summed E-state index contributed by atoms with van der Waals surface area (Å²) < 4.78 is 90.6. The standard InChI is InChI=1S/C80H76N4O.Pt/c1-76(2,3)53-36-37-81-73(46-53)84-70-33-21-20-30-66(70)67-35-34-60(48-71(67)84)85-59-25-22-24-58(47-59)82-49-83-74-61(52-40-56(79(10,11)12)45-57(41-52)80(13,14)15)31-23-32-68(74)64-28-18-16-26-62(64)63-27-17-19-29-65(63)69-42-51(43-72(82)75(69)83)50-38-54(77(4,5)6)44-55(39-50)78(7,8)9;/h16-46H,1-15H3;/q-2;/i16D,17D,18D,19D,26D,27D,28D,29D;. The topological polar surface area (TPSA) is 35.9 Å². The number of nitrogens with zero attached hydrogens (tertiary/aromatic N) is 4. The second-order valence-corrected chi connectivity index (χ2v) is 28.1. The third-order valence-electron chi connectivity index (χ3n) is 16.8. The quantitative estimate of drug-likeness (QED) is 0.123. The van der Waals surface area contributed by atoms with E-state index in [9.17, 15) is 11.0 Å². The van der Waals surface area contributed by atoms with Gasteiger partial charge in [-0.1, -0.05) is 237 Å². The van der Waals surface area contributed by atoms with Gasteiger partial charge in [0, 0.05) is 44.3 Å². The van der Waals surface area contributed by atoms with E-state index in [1.165, 1.54) is 0 Å². The van der Waals surface area contributed by atoms with Gasteiger partial charge in [-0.15, -0.1) is 29.7 Å². The van der Waals surface area contributed by atoms with Gasteiger partial charge in [-0.2, -0.15) is 18.2 Å². The van der Waals surface area contributed by atoms with Gasteiger partial charge in [-0.05, 0) is 146 Å². The Hall–Kier alpha value is -8.11. The summed E-state index contributed by atoms with van der Waals surface area (Å²) in [4.78, 5) is 4.91. The van der Waals surface area contributed by atoms with Gasteiger partial charge in [0.2, 0.25) is 0 Å². The molecule has 0 radical (unpaired) electrons. The van der Waals surface area contributed by atoms with Crippen LogP contribution in [0.3, 0.4) is 0 Å². The molecular weight excluding hydrogens is 1230 g/mol. The van der Waals surface area contributed by atoms with E-state index in [1.807, 2.05) is 76.0 Å². The second-order valence-electron chi connectivity index (χ2n) is 28.1. The van der Waals surface area contributed by atoms with E-state index in [0.29, 0.717) is 45.0 Å². The molecule has 86 heavy (non-hydrogen) atoms. The van der Waals surface area contributed by atoms with Crippen LogP contribution < -0.4 is 9.30 Å². The number of pyridine rings is 1. The first-order valence-electron chi connectivity index (χ1n) is 33.4. The van der Waals surface area contributed by atoms with Crippen LogP contribution in [0, 0.1) is 18.5 Å². The summed E-state index contributed by atoms with van der Waals surface area (Å²) in [6.07, 6.45) is 5.70. The SMILES string of the molecule is [2H]c1c([2H])c([2H])c2c(c1[2H])-c1cccc(-c3cc(C(C)(C)C)cc(C(C)(C)C)c3)c1-[n+]1[c-]n(-c3[c-]c(Oc4[c-]c5c(cc4)c4ccccc4n5-c4cc(C(C)(C)C)ccn4)ccc3)c3cc(-c4cc(C(C)(C)C)cc(C(C)(C)C)c4)cc(c31)-c1c([2H])c([2H])c([2H])c([2H])c1-2.[Pt]. The molecule has 0 saturated heterocycles. The van der Waals surface area contributed by atoms with Crippen LogP contribution in [-0.2, 0) is 48.1 Å². The first-order valence-corrected chi connectivity index (χ1v) is 29.4. The van der Waals surface area contributed by atoms with E-state index in [1.54, 1.807) is 0 Å². The number of ether oxygens (including phenoxy) is 1. The molecule has 0 fully saturated rings. The van der Waals surface area contributed by atoms with E-state index >= 15 is 0 Å². The van der Waals surface area contributed by atoms with Gasteiger partial charge < -0.3 is 13.9 Å². The number of para-hydroxylation sites is 2. The molecule has 1 aliphatic rings. The number of fused-ring (bicyclic) bond motifs is 10. The van der Waals surface area contributed by atoms with Crippen molar-refractivity contribution < 1.29 is 41.3 Å². The number of rotatable bonds is 6. The monoisotopic (exact) mass is 1310 g/mol. The summed E-state index contributed by atoms with van der Waals surface area (Å²) in [5.74, 6) is 1.59. The van der Waals surface area contributed by atoms with E-state index < -0.39 is 36.3 Å². The molecule has 5 nitrogen and oxygen atoms in total. The first-order chi connectivity index (χ1) is 43.6. The molecule has 0 saturated carbocycles. The van der Waals surface area contributed by atoms with Crippen molar-refractivity contribution in [2.45, 2.75) is 131 Å². The maximum absolute atomic E-state index is 10.2. The fourth-order valence-electron chi connectivity index (χ4n) is 11.8. The van der Waals surface area contributed by atoms with Crippen molar-refractivity contribution in [3.63, 3.8) is 0 Å². The molecule has 0 aliphatic carbocycles. The number of benzene rings is 9. The largest absolute Gasteiger partial charge is 0.510 e. The maximum Gasteiger partial charge on any atom is 0.268 e. The van der Waals surface area contributed by atoms with Gasteiger partial charge in [-0.3, -0.25) is 4.57 Å². The third-order valence-corrected chi connectivity index (χ3v) is 16.8. The molecule has 0 N–H and O–H groups in total. The molecule has 6 heteroatoms. The van der Waals surface area contributed by atoms with Gasteiger partial charge in [0.25, 0.3) is 6.33 Å². The molecule has 3 aromatic heterocycles. The zero-order valence-corrected chi connectivity index (χ0v) is 54.1. The Morgan fingerprint density at radius 1 is 0.442 bits per heavy atom. The Kier molecular flexibility index (Phi) is 12.0. The average molecular weight is 1310 g/mol. The van der Waals surface area contributed by atoms with Gasteiger partial charge in [-0.25, -0.2) is 4.98 Å². The Bertz CT molecular complexity index is 5080. The van der Waals surface area contributed by atoms with Crippen LogP contribution in [0.15, 0.2) is 188 Å². The molecular formula is C80H76N4OPt-2. The van der Waals surface area contributed by atoms with Gasteiger partial charge in [0.1, 0.15) is 5.82 Å². The second kappa shape index (κ2) is 21.1. The molecule has 434 valence electrons. The molecule has 13 rings (SSSR count). The summed E-state index contributed by atoms with van der Waals surface area (Å²) >= 11 is 0. The Morgan fingerprint density at radius 2 is 0.965 bits per heavy atom. The van der Waals surface area contributed by atoms with Crippen molar-refractivity contribution in [3.05, 3.63) is 234 Å². The molecule has 1 aliphatic heterocycles. The van der Waals surface area contributed by atoms with Gasteiger partial charge in [0.15, 0.2) is 0 Å². The number of imidazole rings is 1. The van der Waals surface area contributed by atoms with E-state index in [4.69, 9.17) is 9.72 Å². The summed E-state index contributed by atoms with van der Waals surface area (Å²) in [5.41, 5.74) is 12.2. The van der Waals surface area contributed by atoms with Crippen LogP contribution in [0.5, 0.6) is 11.5 Å². The first kappa shape index (κ1) is 49.1. The minimum absolute atomic E-state index is 0. The summed E-state index contributed by atoms with van der Waals surface area (Å²) in [5, 5.41) is 2.04. The predicted octanol–water partition coefficient (Wildman–Crippen LogP) is 20.7. The van der Waals surface area contributed by atoms with Crippen LogP contribution in [0.2, 0.25) is 0 Å². The predicted molar refractivity (Wildman–Crippen MR) is 354 cm³/mol. The average Bonchev–Trinajstić information content (AvgIpc) is 1.47. The van der Waals surface area contributed by atoms with Crippen LogP contribution in [-0.4, -0.2) is 14.1 Å². The fourth-order valence-corrected chi connectivity index (χ4v) is 11.8. The number of hydrogen-bond acceptors (Lipinski definition) is 2. The van der Waals surface area contributed by atoms with Crippen molar-refractivity contribution >= 4 is 32.8 Å². The van der Waals surface area contributed by atoms with Crippen molar-refractivity contribution in [1.82, 2.24) is 14.1 Å². The van der Waals surface area contributed by atoms with Crippen LogP contribution in [0.4, 0.5) is 0 Å². The van der Waals surface area contributed by atoms with Crippen molar-refractivity contribution in [1.29, 1.82) is 0 Å².